The normalized spacial score (nSPS) is 26.6. The van der Waals surface area contributed by atoms with Crippen LogP contribution in [0.4, 0.5) is 0 Å². The molecule has 2 unspecified atom stereocenters. The van der Waals surface area contributed by atoms with Gasteiger partial charge in [0.1, 0.15) is 6.04 Å². The molecule has 2 aliphatic rings. The molecule has 2 aliphatic heterocycles. The minimum Gasteiger partial charge on any atom is -0.480 e. The van der Waals surface area contributed by atoms with E-state index in [9.17, 15) is 14.7 Å². The first-order chi connectivity index (χ1) is 9.56. The minimum atomic E-state index is -0.960. The molecule has 1 aromatic heterocycles. The van der Waals surface area contributed by atoms with Crippen molar-refractivity contribution >= 4 is 11.9 Å². The first-order valence-electron chi connectivity index (χ1n) is 6.79. The molecule has 2 N–H and O–H groups in total. The number of carbonyl (C=O) groups is 2. The fourth-order valence-corrected chi connectivity index (χ4v) is 3.06. The number of carboxylic acid groups (broad SMARTS) is 1. The number of hydrogen-bond donors (Lipinski definition) is 2. The average Bonchev–Trinajstić information content (AvgIpc) is 3.04. The van der Waals surface area contributed by atoms with Crippen molar-refractivity contribution in [3.63, 3.8) is 0 Å². The van der Waals surface area contributed by atoms with Gasteiger partial charge in [0.2, 0.25) is 5.91 Å². The van der Waals surface area contributed by atoms with Crippen LogP contribution in [0.2, 0.25) is 0 Å². The second kappa shape index (κ2) is 4.90. The monoisotopic (exact) mass is 278 g/mol. The Morgan fingerprint density at radius 2 is 2.30 bits per heavy atom. The maximum Gasteiger partial charge on any atom is 0.326 e. The number of imidazole rings is 1. The van der Waals surface area contributed by atoms with E-state index in [0.29, 0.717) is 13.1 Å². The molecular weight excluding hydrogens is 260 g/mol. The fraction of sp³-hybridized carbons (Fsp3) is 0.615. The number of rotatable bonds is 2. The Hall–Kier alpha value is -1.89. The summed E-state index contributed by atoms with van der Waals surface area (Å²) in [6, 6.07) is -0.802. The van der Waals surface area contributed by atoms with E-state index in [-0.39, 0.29) is 18.2 Å². The molecule has 0 aliphatic carbocycles. The number of carbonyl (C=O) groups excluding carboxylic acids is 1. The van der Waals surface area contributed by atoms with Crippen molar-refractivity contribution in [3.05, 3.63) is 17.7 Å². The lowest BCUT2D eigenvalue weighted by molar-refractivity contribution is -0.153. The van der Waals surface area contributed by atoms with E-state index in [4.69, 9.17) is 0 Å². The number of fused-ring (bicyclic) bond motifs is 1. The Balaban J connectivity index is 1.83. The Morgan fingerprint density at radius 3 is 2.95 bits per heavy atom. The molecule has 0 saturated carbocycles. The summed E-state index contributed by atoms with van der Waals surface area (Å²) < 4.78 is 0. The van der Waals surface area contributed by atoms with Gasteiger partial charge in [-0.15, -0.1) is 0 Å². The molecule has 1 saturated heterocycles. The Bertz CT molecular complexity index is 541. The lowest BCUT2D eigenvalue weighted by Gasteiger charge is -2.34. The third-order valence-electron chi connectivity index (χ3n) is 4.21. The number of amides is 1. The van der Waals surface area contributed by atoms with Crippen molar-refractivity contribution in [1.29, 1.82) is 0 Å². The van der Waals surface area contributed by atoms with Crippen LogP contribution in [-0.2, 0) is 22.6 Å². The van der Waals surface area contributed by atoms with Crippen molar-refractivity contribution in [1.82, 2.24) is 19.8 Å². The van der Waals surface area contributed by atoms with Crippen molar-refractivity contribution in [3.8, 4) is 0 Å². The molecule has 3 rings (SSSR count). The third-order valence-corrected chi connectivity index (χ3v) is 4.21. The second-order valence-electron chi connectivity index (χ2n) is 5.60. The Labute approximate surface area is 116 Å². The lowest BCUT2D eigenvalue weighted by atomic mass is 9.99. The van der Waals surface area contributed by atoms with Crippen LogP contribution in [0.25, 0.3) is 0 Å². The summed E-state index contributed by atoms with van der Waals surface area (Å²) in [5.41, 5.74) is 1.60. The predicted octanol–water partition coefficient (Wildman–Crippen LogP) is -0.301. The molecule has 1 amide bonds. The van der Waals surface area contributed by atoms with Crippen molar-refractivity contribution < 1.29 is 14.7 Å². The summed E-state index contributed by atoms with van der Waals surface area (Å²) >= 11 is 0. The maximum atomic E-state index is 12.6. The maximum absolute atomic E-state index is 12.6. The molecule has 1 fully saturated rings. The van der Waals surface area contributed by atoms with Crippen LogP contribution in [0.15, 0.2) is 6.33 Å². The number of aromatic amines is 1. The highest BCUT2D eigenvalue weighted by atomic mass is 16.4. The molecule has 20 heavy (non-hydrogen) atoms. The first kappa shape index (κ1) is 13.1. The molecule has 2 atom stereocenters. The molecule has 3 heterocycles. The molecule has 0 bridgehead atoms. The van der Waals surface area contributed by atoms with Crippen LogP contribution >= 0.6 is 0 Å². The quantitative estimate of drug-likeness (QED) is 0.775. The summed E-state index contributed by atoms with van der Waals surface area (Å²) in [4.78, 5) is 34.7. The van der Waals surface area contributed by atoms with E-state index in [1.807, 2.05) is 7.05 Å². The van der Waals surface area contributed by atoms with Gasteiger partial charge in [0.05, 0.1) is 30.2 Å². The van der Waals surface area contributed by atoms with Gasteiger partial charge in [-0.1, -0.05) is 0 Å². The van der Waals surface area contributed by atoms with E-state index in [1.165, 1.54) is 4.90 Å². The number of hydrogen-bond acceptors (Lipinski definition) is 4. The summed E-state index contributed by atoms with van der Waals surface area (Å²) in [7, 11) is 1.98. The highest BCUT2D eigenvalue weighted by molar-refractivity contribution is 5.86. The number of aromatic nitrogens is 2. The number of H-pyrrole nitrogens is 1. The second-order valence-corrected chi connectivity index (χ2v) is 5.60. The van der Waals surface area contributed by atoms with E-state index >= 15 is 0 Å². The molecule has 7 heteroatoms. The number of aliphatic carboxylic acids is 1. The minimum absolute atomic E-state index is 0.0537. The van der Waals surface area contributed by atoms with Gasteiger partial charge in [0.25, 0.3) is 0 Å². The van der Waals surface area contributed by atoms with Crippen LogP contribution in [0, 0.1) is 5.92 Å². The highest BCUT2D eigenvalue weighted by Crippen LogP contribution is 2.25. The van der Waals surface area contributed by atoms with Crippen molar-refractivity contribution in [2.45, 2.75) is 25.4 Å². The smallest absolute Gasteiger partial charge is 0.326 e. The third kappa shape index (κ3) is 2.18. The predicted molar refractivity (Wildman–Crippen MR) is 69.9 cm³/mol. The van der Waals surface area contributed by atoms with Crippen molar-refractivity contribution in [2.24, 2.45) is 5.92 Å². The molecule has 0 radical (unpaired) electrons. The fourth-order valence-electron chi connectivity index (χ4n) is 3.06. The van der Waals surface area contributed by atoms with Crippen LogP contribution in [-0.4, -0.2) is 62.9 Å². The zero-order valence-electron chi connectivity index (χ0n) is 11.4. The number of nitrogens with one attached hydrogen (secondary N) is 1. The summed E-state index contributed by atoms with van der Waals surface area (Å²) in [5, 5.41) is 9.37. The average molecular weight is 278 g/mol. The summed E-state index contributed by atoms with van der Waals surface area (Å²) in [6.45, 7) is 1.90. The molecular formula is C13H18N4O3. The van der Waals surface area contributed by atoms with Gasteiger partial charge in [0, 0.05) is 13.0 Å². The largest absolute Gasteiger partial charge is 0.480 e. The summed E-state index contributed by atoms with van der Waals surface area (Å²) in [5.74, 6) is -1.10. The van der Waals surface area contributed by atoms with Gasteiger partial charge < -0.3 is 19.9 Å². The lowest BCUT2D eigenvalue weighted by Crippen LogP contribution is -2.51. The topological polar surface area (TPSA) is 89.5 Å². The standard InChI is InChI=1S/C13H18N4O3/c1-16-3-2-8(5-16)12(18)17-6-10-9(14-7-15-10)4-11(17)13(19)20/h7-8,11H,2-6H2,1H3,(H,14,15)(H,19,20). The zero-order chi connectivity index (χ0) is 14.3. The summed E-state index contributed by atoms with van der Waals surface area (Å²) in [6.07, 6.45) is 2.64. The van der Waals surface area contributed by atoms with Crippen LogP contribution in [0.5, 0.6) is 0 Å². The van der Waals surface area contributed by atoms with Crippen LogP contribution < -0.4 is 0 Å². The van der Waals surface area contributed by atoms with E-state index in [2.05, 4.69) is 14.9 Å². The molecule has 108 valence electrons. The zero-order valence-corrected chi connectivity index (χ0v) is 11.4. The molecule has 7 nitrogen and oxygen atoms in total. The molecule has 1 aromatic rings. The highest BCUT2D eigenvalue weighted by Gasteiger charge is 2.39. The number of likely N-dealkylation sites (tertiary alicyclic amines) is 1. The van der Waals surface area contributed by atoms with Crippen LogP contribution in [0.1, 0.15) is 17.8 Å². The SMILES string of the molecule is CN1CCC(C(=O)N2Cc3[nH]cnc3CC2C(=O)O)C1. The molecule has 0 aromatic carbocycles. The van der Waals surface area contributed by atoms with Crippen molar-refractivity contribution in [2.75, 3.05) is 20.1 Å². The van der Waals surface area contributed by atoms with Gasteiger partial charge in [-0.05, 0) is 20.0 Å². The van der Waals surface area contributed by atoms with Gasteiger partial charge >= 0.3 is 5.97 Å². The Morgan fingerprint density at radius 1 is 1.50 bits per heavy atom. The van der Waals surface area contributed by atoms with Gasteiger partial charge in [-0.3, -0.25) is 4.79 Å². The van der Waals surface area contributed by atoms with E-state index in [1.54, 1.807) is 6.33 Å². The Kier molecular flexibility index (Phi) is 3.21. The van der Waals surface area contributed by atoms with E-state index < -0.39 is 12.0 Å². The van der Waals surface area contributed by atoms with E-state index in [0.717, 1.165) is 24.4 Å². The first-order valence-corrected chi connectivity index (χ1v) is 6.79. The van der Waals surface area contributed by atoms with Gasteiger partial charge in [-0.2, -0.15) is 0 Å². The number of nitrogens with zero attached hydrogens (tertiary/aromatic N) is 3. The van der Waals surface area contributed by atoms with Crippen LogP contribution in [0.3, 0.4) is 0 Å². The van der Waals surface area contributed by atoms with Gasteiger partial charge in [0.15, 0.2) is 0 Å². The molecule has 0 spiro atoms. The van der Waals surface area contributed by atoms with Gasteiger partial charge in [-0.25, -0.2) is 9.78 Å². The number of carboxylic acids is 1.